The number of hydrogen-bond acceptors (Lipinski definition) is 3. The third-order valence-corrected chi connectivity index (χ3v) is 1.92. The van der Waals surface area contributed by atoms with Gasteiger partial charge in [0, 0.05) is 13.1 Å². The summed E-state index contributed by atoms with van der Waals surface area (Å²) >= 11 is 0. The lowest BCUT2D eigenvalue weighted by Gasteiger charge is -2.06. The summed E-state index contributed by atoms with van der Waals surface area (Å²) in [4.78, 5) is 0. The van der Waals surface area contributed by atoms with Crippen molar-refractivity contribution in [2.45, 2.75) is 13.0 Å². The molecule has 0 saturated carbocycles. The van der Waals surface area contributed by atoms with Gasteiger partial charge in [-0.15, -0.1) is 6.42 Å². The third kappa shape index (κ3) is 7.54. The summed E-state index contributed by atoms with van der Waals surface area (Å²) in [6, 6.07) is -0.0219. The predicted octanol–water partition coefficient (Wildman–Crippen LogP) is -0.853. The Balaban J connectivity index is 3.42. The molecule has 0 spiro atoms. The smallest absolute Gasteiger partial charge is 0.208 e. The number of terminal acetylenes is 1. The normalized spacial score (nSPS) is 13.8. The Morgan fingerprint density at radius 1 is 1.50 bits per heavy atom. The van der Waals surface area contributed by atoms with Crippen molar-refractivity contribution in [1.29, 1.82) is 0 Å². The highest BCUT2D eigenvalue weighted by Crippen LogP contribution is 1.75. The van der Waals surface area contributed by atoms with E-state index in [2.05, 4.69) is 16.0 Å². The van der Waals surface area contributed by atoms with Crippen molar-refractivity contribution >= 4 is 10.0 Å². The van der Waals surface area contributed by atoms with Gasteiger partial charge in [0.2, 0.25) is 10.0 Å². The number of hydrogen-bond donors (Lipinski definition) is 2. The van der Waals surface area contributed by atoms with Gasteiger partial charge in [-0.05, 0) is 6.92 Å². The van der Waals surface area contributed by atoms with E-state index in [0.29, 0.717) is 13.1 Å². The highest BCUT2D eigenvalue weighted by Gasteiger charge is 1.99. The van der Waals surface area contributed by atoms with E-state index < -0.39 is 10.0 Å². The van der Waals surface area contributed by atoms with Crippen LogP contribution in [-0.4, -0.2) is 33.8 Å². The van der Waals surface area contributed by atoms with E-state index in [9.17, 15) is 8.42 Å². The lowest BCUT2D eigenvalue weighted by molar-refractivity contribution is 0.578. The summed E-state index contributed by atoms with van der Waals surface area (Å²) in [5, 5.41) is 2.94. The van der Waals surface area contributed by atoms with Crippen molar-refractivity contribution in [2.75, 3.05) is 19.3 Å². The molecule has 5 heteroatoms. The minimum absolute atomic E-state index is 0.0219. The highest BCUT2D eigenvalue weighted by molar-refractivity contribution is 7.88. The van der Waals surface area contributed by atoms with Gasteiger partial charge in [-0.1, -0.05) is 5.92 Å². The average Bonchev–Trinajstić information content (AvgIpc) is 1.96. The van der Waals surface area contributed by atoms with Crippen LogP contribution in [0.25, 0.3) is 0 Å². The van der Waals surface area contributed by atoms with Gasteiger partial charge in [0.25, 0.3) is 0 Å². The Kier molecular flexibility index (Phi) is 4.90. The predicted molar refractivity (Wildman–Crippen MR) is 49.1 cm³/mol. The Bertz CT molecular complexity index is 253. The molecule has 0 aromatic carbocycles. The standard InChI is InChI=1S/C7H14N2O2S/c1-4-7(2)8-5-6-9-12(3,10)11/h1,7-9H,5-6H2,2-3H3. The number of sulfonamides is 1. The zero-order chi connectivity index (χ0) is 9.61. The summed E-state index contributed by atoms with van der Waals surface area (Å²) in [6.07, 6.45) is 6.21. The molecule has 0 heterocycles. The summed E-state index contributed by atoms with van der Waals surface area (Å²) in [6.45, 7) is 2.74. The van der Waals surface area contributed by atoms with E-state index in [4.69, 9.17) is 6.42 Å². The fraction of sp³-hybridized carbons (Fsp3) is 0.714. The van der Waals surface area contributed by atoms with Gasteiger partial charge in [-0.25, -0.2) is 13.1 Å². The first-order valence-electron chi connectivity index (χ1n) is 3.60. The van der Waals surface area contributed by atoms with Crippen molar-refractivity contribution in [2.24, 2.45) is 0 Å². The van der Waals surface area contributed by atoms with Crippen LogP contribution in [-0.2, 0) is 10.0 Å². The van der Waals surface area contributed by atoms with Gasteiger partial charge in [0.15, 0.2) is 0 Å². The molecule has 0 fully saturated rings. The Morgan fingerprint density at radius 3 is 2.50 bits per heavy atom. The molecule has 0 aliphatic carbocycles. The Hall–Kier alpha value is -0.570. The molecule has 0 aliphatic rings. The average molecular weight is 190 g/mol. The zero-order valence-corrected chi connectivity index (χ0v) is 8.11. The monoisotopic (exact) mass is 190 g/mol. The largest absolute Gasteiger partial charge is 0.303 e. The number of nitrogens with one attached hydrogen (secondary N) is 2. The Labute approximate surface area is 73.8 Å². The molecule has 70 valence electrons. The van der Waals surface area contributed by atoms with E-state index in [0.717, 1.165) is 6.26 Å². The molecular weight excluding hydrogens is 176 g/mol. The van der Waals surface area contributed by atoms with Crippen LogP contribution in [0.3, 0.4) is 0 Å². The molecular formula is C7H14N2O2S. The van der Waals surface area contributed by atoms with Crippen LogP contribution in [0.1, 0.15) is 6.92 Å². The fourth-order valence-electron chi connectivity index (χ4n) is 0.584. The molecule has 0 saturated heterocycles. The number of rotatable bonds is 5. The second-order valence-corrected chi connectivity index (χ2v) is 4.34. The van der Waals surface area contributed by atoms with Crippen molar-refractivity contribution in [1.82, 2.24) is 10.0 Å². The molecule has 1 atom stereocenters. The second-order valence-electron chi connectivity index (χ2n) is 2.51. The zero-order valence-electron chi connectivity index (χ0n) is 7.29. The van der Waals surface area contributed by atoms with E-state index in [-0.39, 0.29) is 6.04 Å². The summed E-state index contributed by atoms with van der Waals surface area (Å²) in [5.41, 5.74) is 0. The molecule has 12 heavy (non-hydrogen) atoms. The SMILES string of the molecule is C#CC(C)NCCNS(C)(=O)=O. The first kappa shape index (κ1) is 11.4. The van der Waals surface area contributed by atoms with Crippen molar-refractivity contribution in [3.63, 3.8) is 0 Å². The fourth-order valence-corrected chi connectivity index (χ4v) is 1.06. The lowest BCUT2D eigenvalue weighted by atomic mass is 10.3. The first-order chi connectivity index (χ1) is 5.45. The van der Waals surface area contributed by atoms with E-state index in [1.807, 2.05) is 6.92 Å². The maximum atomic E-state index is 10.6. The van der Waals surface area contributed by atoms with E-state index >= 15 is 0 Å². The molecule has 0 amide bonds. The van der Waals surface area contributed by atoms with Gasteiger partial charge in [0.05, 0.1) is 12.3 Å². The van der Waals surface area contributed by atoms with Gasteiger partial charge in [-0.2, -0.15) is 0 Å². The summed E-state index contributed by atoms with van der Waals surface area (Å²) in [7, 11) is -3.07. The third-order valence-electron chi connectivity index (χ3n) is 1.19. The van der Waals surface area contributed by atoms with Gasteiger partial charge >= 0.3 is 0 Å². The Morgan fingerprint density at radius 2 is 2.08 bits per heavy atom. The molecule has 0 bridgehead atoms. The van der Waals surface area contributed by atoms with Gasteiger partial charge in [-0.3, -0.25) is 0 Å². The van der Waals surface area contributed by atoms with Crippen LogP contribution >= 0.6 is 0 Å². The molecule has 2 N–H and O–H groups in total. The van der Waals surface area contributed by atoms with E-state index in [1.54, 1.807) is 0 Å². The molecule has 0 radical (unpaired) electrons. The van der Waals surface area contributed by atoms with Crippen molar-refractivity contribution < 1.29 is 8.42 Å². The van der Waals surface area contributed by atoms with Crippen molar-refractivity contribution in [3.8, 4) is 12.3 Å². The van der Waals surface area contributed by atoms with Crippen LogP contribution in [0.15, 0.2) is 0 Å². The van der Waals surface area contributed by atoms with E-state index in [1.165, 1.54) is 0 Å². The maximum Gasteiger partial charge on any atom is 0.208 e. The molecule has 0 aromatic rings. The van der Waals surface area contributed by atoms with Crippen LogP contribution in [0, 0.1) is 12.3 Å². The van der Waals surface area contributed by atoms with Crippen LogP contribution in [0.4, 0.5) is 0 Å². The van der Waals surface area contributed by atoms with Crippen molar-refractivity contribution in [3.05, 3.63) is 0 Å². The molecule has 0 aliphatic heterocycles. The summed E-state index contributed by atoms with van der Waals surface area (Å²) in [5.74, 6) is 2.47. The van der Waals surface area contributed by atoms with Crippen LogP contribution in [0.5, 0.6) is 0 Å². The summed E-state index contributed by atoms with van der Waals surface area (Å²) < 4.78 is 23.5. The first-order valence-corrected chi connectivity index (χ1v) is 5.49. The maximum absolute atomic E-state index is 10.6. The minimum atomic E-state index is -3.07. The topological polar surface area (TPSA) is 58.2 Å². The highest BCUT2D eigenvalue weighted by atomic mass is 32.2. The molecule has 4 nitrogen and oxygen atoms in total. The molecule has 0 aromatic heterocycles. The lowest BCUT2D eigenvalue weighted by Crippen LogP contribution is -2.34. The minimum Gasteiger partial charge on any atom is -0.303 e. The quantitative estimate of drug-likeness (QED) is 0.438. The van der Waals surface area contributed by atoms with Crippen LogP contribution in [0.2, 0.25) is 0 Å². The second kappa shape index (κ2) is 5.14. The molecule has 1 unspecified atom stereocenters. The van der Waals surface area contributed by atoms with Gasteiger partial charge < -0.3 is 5.32 Å². The van der Waals surface area contributed by atoms with Gasteiger partial charge in [0.1, 0.15) is 0 Å². The molecule has 0 rings (SSSR count). The van der Waals surface area contributed by atoms with Crippen LogP contribution < -0.4 is 10.0 Å².